The summed E-state index contributed by atoms with van der Waals surface area (Å²) in [5.74, 6) is 0.720. The number of aryl methyl sites for hydroxylation is 2. The van der Waals surface area contributed by atoms with Crippen LogP contribution < -0.4 is 10.2 Å². The second-order valence-corrected chi connectivity index (χ2v) is 7.92. The molecule has 0 aliphatic rings. The molecule has 0 fully saturated rings. The maximum atomic E-state index is 11.2. The molecule has 0 aliphatic heterocycles. The van der Waals surface area contributed by atoms with Crippen molar-refractivity contribution in [2.45, 2.75) is 20.5 Å². The molecule has 0 unspecified atom stereocenters. The van der Waals surface area contributed by atoms with Gasteiger partial charge >= 0.3 is 5.69 Å². The monoisotopic (exact) mass is 488 g/mol. The predicted molar refractivity (Wildman–Crippen MR) is 128 cm³/mol. The fraction of sp³-hybridized carbons (Fsp3) is 0.136. The van der Waals surface area contributed by atoms with Gasteiger partial charge in [-0.2, -0.15) is 5.10 Å². The van der Waals surface area contributed by atoms with Gasteiger partial charge in [0.2, 0.25) is 0 Å². The molecular weight excluding hydrogens is 471 g/mol. The third-order valence-corrected chi connectivity index (χ3v) is 5.38. The first-order chi connectivity index (χ1) is 15.7. The van der Waals surface area contributed by atoms with Gasteiger partial charge in [-0.3, -0.25) is 25.7 Å². The molecular formula is C22H18Cl2N4O5. The lowest BCUT2D eigenvalue weighted by Crippen LogP contribution is -2.01. The van der Waals surface area contributed by atoms with Crippen LogP contribution in [0.4, 0.5) is 17.1 Å². The van der Waals surface area contributed by atoms with Crippen molar-refractivity contribution in [1.82, 2.24) is 0 Å². The van der Waals surface area contributed by atoms with Gasteiger partial charge in [-0.05, 0) is 66.4 Å². The molecule has 0 radical (unpaired) electrons. The van der Waals surface area contributed by atoms with E-state index in [2.05, 4.69) is 10.5 Å². The van der Waals surface area contributed by atoms with Gasteiger partial charge in [0.15, 0.2) is 0 Å². The SMILES string of the molecule is Cc1cc(/C=N/Nc2ccc([N+](=O)[O-])cc2[N+](=O)[O-])cc(C)c1OCc1ccc(Cl)c(Cl)c1. The molecule has 3 aromatic rings. The van der Waals surface area contributed by atoms with Gasteiger partial charge in [0.1, 0.15) is 18.0 Å². The van der Waals surface area contributed by atoms with Gasteiger partial charge in [0.05, 0.1) is 32.2 Å². The lowest BCUT2D eigenvalue weighted by molar-refractivity contribution is -0.393. The Morgan fingerprint density at radius 2 is 1.67 bits per heavy atom. The Balaban J connectivity index is 1.73. The maximum Gasteiger partial charge on any atom is 0.301 e. The van der Waals surface area contributed by atoms with Gasteiger partial charge in [-0.1, -0.05) is 29.3 Å². The summed E-state index contributed by atoms with van der Waals surface area (Å²) in [6.07, 6.45) is 1.49. The molecule has 3 rings (SSSR count). The first-order valence-electron chi connectivity index (χ1n) is 9.55. The van der Waals surface area contributed by atoms with Crippen molar-refractivity contribution < 1.29 is 14.6 Å². The van der Waals surface area contributed by atoms with Gasteiger partial charge in [-0.15, -0.1) is 0 Å². The fourth-order valence-electron chi connectivity index (χ4n) is 3.13. The minimum atomic E-state index is -0.709. The van der Waals surface area contributed by atoms with Crippen LogP contribution in [0.1, 0.15) is 22.3 Å². The highest BCUT2D eigenvalue weighted by Gasteiger charge is 2.19. The molecule has 33 heavy (non-hydrogen) atoms. The maximum absolute atomic E-state index is 11.2. The summed E-state index contributed by atoms with van der Waals surface area (Å²) in [5, 5.41) is 27.0. The van der Waals surface area contributed by atoms with E-state index >= 15 is 0 Å². The van der Waals surface area contributed by atoms with E-state index in [1.54, 1.807) is 12.1 Å². The summed E-state index contributed by atoms with van der Waals surface area (Å²) in [5.41, 5.74) is 5.15. The highest BCUT2D eigenvalue weighted by Crippen LogP contribution is 2.30. The third kappa shape index (κ3) is 5.97. The zero-order valence-corrected chi connectivity index (χ0v) is 19.1. The molecule has 9 nitrogen and oxygen atoms in total. The number of hydrogen-bond donors (Lipinski definition) is 1. The van der Waals surface area contributed by atoms with E-state index in [-0.39, 0.29) is 11.4 Å². The molecule has 0 amide bonds. The third-order valence-electron chi connectivity index (χ3n) is 4.64. The lowest BCUT2D eigenvalue weighted by Gasteiger charge is -2.13. The molecule has 0 aliphatic carbocycles. The molecule has 0 atom stereocenters. The van der Waals surface area contributed by atoms with Crippen LogP contribution in [0.2, 0.25) is 10.0 Å². The Bertz CT molecular complexity index is 1240. The van der Waals surface area contributed by atoms with Crippen LogP contribution in [0.5, 0.6) is 5.75 Å². The Kier molecular flexibility index (Phi) is 7.47. The smallest absolute Gasteiger partial charge is 0.301 e. The minimum absolute atomic E-state index is 0.0388. The van der Waals surface area contributed by atoms with Gasteiger partial charge in [-0.25, -0.2) is 0 Å². The molecule has 0 saturated heterocycles. The summed E-state index contributed by atoms with van der Waals surface area (Å²) in [6, 6.07) is 12.3. The Morgan fingerprint density at radius 3 is 2.27 bits per heavy atom. The van der Waals surface area contributed by atoms with Crippen molar-refractivity contribution in [2.24, 2.45) is 5.10 Å². The van der Waals surface area contributed by atoms with E-state index in [1.165, 1.54) is 18.3 Å². The number of hydrogen-bond acceptors (Lipinski definition) is 7. The normalized spacial score (nSPS) is 10.9. The number of nitro benzene ring substituents is 2. The number of anilines is 1. The summed E-state index contributed by atoms with van der Waals surface area (Å²) in [4.78, 5) is 20.7. The van der Waals surface area contributed by atoms with E-state index in [1.807, 2.05) is 32.0 Å². The summed E-state index contributed by atoms with van der Waals surface area (Å²) in [6.45, 7) is 4.10. The lowest BCUT2D eigenvalue weighted by atomic mass is 10.1. The number of nitro groups is 2. The van der Waals surface area contributed by atoms with E-state index in [9.17, 15) is 20.2 Å². The standard InChI is InChI=1S/C22H18Cl2N4O5/c1-13-7-16(8-14(2)22(13)33-12-15-3-5-18(23)19(24)9-15)11-25-26-20-6-4-17(27(29)30)10-21(20)28(31)32/h3-11,26H,12H2,1-2H3/b25-11+. The van der Waals surface area contributed by atoms with E-state index in [0.717, 1.165) is 34.1 Å². The van der Waals surface area contributed by atoms with Crippen LogP contribution in [-0.4, -0.2) is 16.1 Å². The second kappa shape index (κ2) is 10.3. The van der Waals surface area contributed by atoms with Gasteiger partial charge in [0, 0.05) is 6.07 Å². The molecule has 170 valence electrons. The van der Waals surface area contributed by atoms with Crippen molar-refractivity contribution >= 4 is 46.5 Å². The first-order valence-corrected chi connectivity index (χ1v) is 10.3. The first kappa shape index (κ1) is 24.0. The highest BCUT2D eigenvalue weighted by molar-refractivity contribution is 6.42. The van der Waals surface area contributed by atoms with Crippen LogP contribution in [-0.2, 0) is 6.61 Å². The number of hydrazone groups is 1. The summed E-state index contributed by atoms with van der Waals surface area (Å²) >= 11 is 12.0. The van der Waals surface area contributed by atoms with Crippen molar-refractivity contribution in [3.63, 3.8) is 0 Å². The van der Waals surface area contributed by atoms with E-state index in [0.29, 0.717) is 16.7 Å². The molecule has 3 aromatic carbocycles. The van der Waals surface area contributed by atoms with E-state index < -0.39 is 15.5 Å². The molecule has 0 bridgehead atoms. The van der Waals surface area contributed by atoms with Gasteiger partial charge < -0.3 is 4.74 Å². The van der Waals surface area contributed by atoms with Gasteiger partial charge in [0.25, 0.3) is 5.69 Å². The van der Waals surface area contributed by atoms with Crippen molar-refractivity contribution in [3.8, 4) is 5.75 Å². The Labute approximate surface area is 198 Å². The number of benzene rings is 3. The Hall–Kier alpha value is -3.69. The van der Waals surface area contributed by atoms with Crippen molar-refractivity contribution in [1.29, 1.82) is 0 Å². The van der Waals surface area contributed by atoms with Crippen LogP contribution in [0.15, 0.2) is 53.6 Å². The second-order valence-electron chi connectivity index (χ2n) is 7.11. The molecule has 1 N–H and O–H groups in total. The van der Waals surface area contributed by atoms with Crippen LogP contribution in [0.25, 0.3) is 0 Å². The quantitative estimate of drug-likeness (QED) is 0.221. The molecule has 0 saturated carbocycles. The van der Waals surface area contributed by atoms with Crippen molar-refractivity contribution in [2.75, 3.05) is 5.43 Å². The number of halogens is 2. The summed E-state index contributed by atoms with van der Waals surface area (Å²) in [7, 11) is 0. The Morgan fingerprint density at radius 1 is 0.970 bits per heavy atom. The summed E-state index contributed by atoms with van der Waals surface area (Å²) < 4.78 is 5.96. The van der Waals surface area contributed by atoms with Crippen LogP contribution in [0.3, 0.4) is 0 Å². The number of nitrogens with one attached hydrogen (secondary N) is 1. The zero-order chi connectivity index (χ0) is 24.1. The largest absolute Gasteiger partial charge is 0.488 e. The average molecular weight is 489 g/mol. The molecule has 11 heteroatoms. The zero-order valence-electron chi connectivity index (χ0n) is 17.5. The molecule has 0 aromatic heterocycles. The number of ether oxygens (including phenoxy) is 1. The van der Waals surface area contributed by atoms with Crippen molar-refractivity contribution in [3.05, 3.63) is 101 Å². The molecule has 0 spiro atoms. The number of nitrogens with zero attached hydrogens (tertiary/aromatic N) is 3. The van der Waals surface area contributed by atoms with Crippen LogP contribution in [0, 0.1) is 34.1 Å². The predicted octanol–water partition coefficient (Wildman–Crippen LogP) is 6.45. The average Bonchev–Trinajstić information content (AvgIpc) is 2.75. The minimum Gasteiger partial charge on any atom is -0.488 e. The van der Waals surface area contributed by atoms with E-state index in [4.69, 9.17) is 27.9 Å². The fourth-order valence-corrected chi connectivity index (χ4v) is 3.45. The number of rotatable bonds is 8. The number of non-ortho nitro benzene ring substituents is 1. The van der Waals surface area contributed by atoms with Crippen LogP contribution >= 0.6 is 23.2 Å². The highest BCUT2D eigenvalue weighted by atomic mass is 35.5. The topological polar surface area (TPSA) is 120 Å². The molecule has 0 heterocycles.